The number of ether oxygens (including phenoxy) is 1. The molecule has 2 aromatic rings. The van der Waals surface area contributed by atoms with Gasteiger partial charge < -0.3 is 10.5 Å². The Bertz CT molecular complexity index is 579. The fourth-order valence-electron chi connectivity index (χ4n) is 1.58. The molecule has 0 unspecified atom stereocenters. The van der Waals surface area contributed by atoms with Gasteiger partial charge in [0.15, 0.2) is 0 Å². The SMILES string of the molecule is COc1cc(N)ccc1/N=N/c1cccc(C)c1. The zero-order valence-electron chi connectivity index (χ0n) is 10.4. The quantitative estimate of drug-likeness (QED) is 0.652. The molecule has 0 radical (unpaired) electrons. The van der Waals surface area contributed by atoms with Crippen molar-refractivity contribution in [3.8, 4) is 5.75 Å². The number of benzene rings is 2. The topological polar surface area (TPSA) is 60.0 Å². The summed E-state index contributed by atoms with van der Waals surface area (Å²) in [6.45, 7) is 2.02. The van der Waals surface area contributed by atoms with Crippen molar-refractivity contribution in [2.75, 3.05) is 12.8 Å². The van der Waals surface area contributed by atoms with Gasteiger partial charge in [-0.05, 0) is 36.8 Å². The zero-order chi connectivity index (χ0) is 13.0. The number of hydrogen-bond donors (Lipinski definition) is 1. The molecule has 0 aliphatic heterocycles. The molecule has 2 N–H and O–H groups in total. The molecule has 18 heavy (non-hydrogen) atoms. The first-order valence-corrected chi connectivity index (χ1v) is 5.61. The molecular formula is C14H15N3O. The van der Waals surface area contributed by atoms with E-state index in [9.17, 15) is 0 Å². The molecule has 0 saturated carbocycles. The third kappa shape index (κ3) is 2.85. The highest BCUT2D eigenvalue weighted by Gasteiger charge is 2.01. The van der Waals surface area contributed by atoms with Crippen molar-refractivity contribution in [1.29, 1.82) is 0 Å². The monoisotopic (exact) mass is 241 g/mol. The Morgan fingerprint density at radius 2 is 1.89 bits per heavy atom. The van der Waals surface area contributed by atoms with Gasteiger partial charge in [-0.2, -0.15) is 5.11 Å². The number of nitrogens with two attached hydrogens (primary N) is 1. The first-order valence-electron chi connectivity index (χ1n) is 5.61. The van der Waals surface area contributed by atoms with Crippen molar-refractivity contribution in [3.05, 3.63) is 48.0 Å². The number of nitrogens with zero attached hydrogens (tertiary/aromatic N) is 2. The highest BCUT2D eigenvalue weighted by molar-refractivity contribution is 5.59. The molecule has 0 aromatic heterocycles. The Hall–Kier alpha value is -2.36. The van der Waals surface area contributed by atoms with Gasteiger partial charge in [-0.15, -0.1) is 5.11 Å². The van der Waals surface area contributed by atoms with Gasteiger partial charge in [0, 0.05) is 11.8 Å². The molecule has 0 bridgehead atoms. The van der Waals surface area contributed by atoms with E-state index in [0.29, 0.717) is 17.1 Å². The summed E-state index contributed by atoms with van der Waals surface area (Å²) in [4.78, 5) is 0. The van der Waals surface area contributed by atoms with E-state index in [1.807, 2.05) is 31.2 Å². The number of nitrogen functional groups attached to an aromatic ring is 1. The van der Waals surface area contributed by atoms with Crippen LogP contribution in [0.15, 0.2) is 52.7 Å². The van der Waals surface area contributed by atoms with Gasteiger partial charge in [0.25, 0.3) is 0 Å². The lowest BCUT2D eigenvalue weighted by atomic mass is 10.2. The second kappa shape index (κ2) is 5.31. The van der Waals surface area contributed by atoms with Crippen LogP contribution in [0, 0.1) is 6.92 Å². The minimum Gasteiger partial charge on any atom is -0.494 e. The van der Waals surface area contributed by atoms with Crippen molar-refractivity contribution in [1.82, 2.24) is 0 Å². The van der Waals surface area contributed by atoms with Crippen LogP contribution < -0.4 is 10.5 Å². The Kier molecular flexibility index (Phi) is 3.57. The highest BCUT2D eigenvalue weighted by Crippen LogP contribution is 2.30. The predicted octanol–water partition coefficient (Wildman–Crippen LogP) is 4.00. The highest BCUT2D eigenvalue weighted by atomic mass is 16.5. The van der Waals surface area contributed by atoms with Crippen molar-refractivity contribution >= 4 is 17.1 Å². The summed E-state index contributed by atoms with van der Waals surface area (Å²) >= 11 is 0. The van der Waals surface area contributed by atoms with Crippen LogP contribution in [0.3, 0.4) is 0 Å². The Balaban J connectivity index is 2.28. The maximum atomic E-state index is 5.68. The molecule has 4 nitrogen and oxygen atoms in total. The van der Waals surface area contributed by atoms with E-state index in [1.165, 1.54) is 0 Å². The van der Waals surface area contributed by atoms with Gasteiger partial charge in [-0.1, -0.05) is 12.1 Å². The zero-order valence-corrected chi connectivity index (χ0v) is 10.4. The fourth-order valence-corrected chi connectivity index (χ4v) is 1.58. The van der Waals surface area contributed by atoms with E-state index in [1.54, 1.807) is 25.3 Å². The molecule has 0 atom stereocenters. The Morgan fingerprint density at radius 1 is 1.06 bits per heavy atom. The second-order valence-electron chi connectivity index (χ2n) is 3.97. The minimum atomic E-state index is 0.617. The van der Waals surface area contributed by atoms with Gasteiger partial charge in [-0.25, -0.2) is 0 Å². The van der Waals surface area contributed by atoms with Crippen LogP contribution in [0.2, 0.25) is 0 Å². The number of hydrogen-bond acceptors (Lipinski definition) is 4. The van der Waals surface area contributed by atoms with Crippen LogP contribution in [-0.4, -0.2) is 7.11 Å². The summed E-state index contributed by atoms with van der Waals surface area (Å²) < 4.78 is 5.20. The van der Waals surface area contributed by atoms with Crippen molar-refractivity contribution in [2.45, 2.75) is 6.92 Å². The van der Waals surface area contributed by atoms with E-state index >= 15 is 0 Å². The molecule has 92 valence electrons. The van der Waals surface area contributed by atoms with Crippen LogP contribution >= 0.6 is 0 Å². The normalized spacial score (nSPS) is 10.8. The second-order valence-corrected chi connectivity index (χ2v) is 3.97. The minimum absolute atomic E-state index is 0.617. The van der Waals surface area contributed by atoms with E-state index in [0.717, 1.165) is 11.3 Å². The molecule has 0 spiro atoms. The predicted molar refractivity (Wildman–Crippen MR) is 72.8 cm³/mol. The van der Waals surface area contributed by atoms with E-state index in [2.05, 4.69) is 10.2 Å². The number of rotatable bonds is 3. The molecular weight excluding hydrogens is 226 g/mol. The van der Waals surface area contributed by atoms with Crippen molar-refractivity contribution < 1.29 is 4.74 Å². The summed E-state index contributed by atoms with van der Waals surface area (Å²) in [7, 11) is 1.58. The molecule has 0 aliphatic rings. The third-order valence-electron chi connectivity index (χ3n) is 2.48. The molecule has 0 saturated heterocycles. The van der Waals surface area contributed by atoms with Crippen LogP contribution in [-0.2, 0) is 0 Å². The molecule has 2 aromatic carbocycles. The molecule has 0 aliphatic carbocycles. The smallest absolute Gasteiger partial charge is 0.148 e. The molecule has 4 heteroatoms. The van der Waals surface area contributed by atoms with E-state index in [4.69, 9.17) is 10.5 Å². The van der Waals surface area contributed by atoms with E-state index < -0.39 is 0 Å². The lowest BCUT2D eigenvalue weighted by Gasteiger charge is -2.04. The molecule has 0 amide bonds. The lowest BCUT2D eigenvalue weighted by Crippen LogP contribution is -1.87. The van der Waals surface area contributed by atoms with Crippen molar-refractivity contribution in [2.24, 2.45) is 10.2 Å². The third-order valence-corrected chi connectivity index (χ3v) is 2.48. The maximum Gasteiger partial charge on any atom is 0.148 e. The standard InChI is InChI=1S/C14H15N3O/c1-10-4-3-5-12(8-10)16-17-13-7-6-11(15)9-14(13)18-2/h3-9H,15H2,1-2H3/b17-16+. The van der Waals surface area contributed by atoms with Gasteiger partial charge in [0.05, 0.1) is 12.8 Å². The average molecular weight is 241 g/mol. The first-order chi connectivity index (χ1) is 8.69. The largest absolute Gasteiger partial charge is 0.494 e. The first kappa shape index (κ1) is 12.1. The molecule has 0 fully saturated rings. The maximum absolute atomic E-state index is 5.68. The Morgan fingerprint density at radius 3 is 2.61 bits per heavy atom. The van der Waals surface area contributed by atoms with Gasteiger partial charge >= 0.3 is 0 Å². The average Bonchev–Trinajstić information content (AvgIpc) is 2.37. The number of anilines is 1. The fraction of sp³-hybridized carbons (Fsp3) is 0.143. The summed E-state index contributed by atoms with van der Waals surface area (Å²) in [6.07, 6.45) is 0. The summed E-state index contributed by atoms with van der Waals surface area (Å²) in [5, 5.41) is 8.35. The Labute approximate surface area is 106 Å². The number of aryl methyl sites for hydroxylation is 1. The van der Waals surface area contributed by atoms with Gasteiger partial charge in [0.2, 0.25) is 0 Å². The van der Waals surface area contributed by atoms with Gasteiger partial charge in [0.1, 0.15) is 11.4 Å². The number of methoxy groups -OCH3 is 1. The van der Waals surface area contributed by atoms with Gasteiger partial charge in [-0.3, -0.25) is 0 Å². The van der Waals surface area contributed by atoms with Crippen molar-refractivity contribution in [3.63, 3.8) is 0 Å². The summed E-state index contributed by atoms with van der Waals surface area (Å²) in [5.41, 5.74) is 8.94. The van der Waals surface area contributed by atoms with Crippen LogP contribution in [0.4, 0.5) is 17.1 Å². The van der Waals surface area contributed by atoms with E-state index in [-0.39, 0.29) is 0 Å². The summed E-state index contributed by atoms with van der Waals surface area (Å²) in [5.74, 6) is 0.617. The van der Waals surface area contributed by atoms with Crippen LogP contribution in [0.25, 0.3) is 0 Å². The van der Waals surface area contributed by atoms with Crippen LogP contribution in [0.5, 0.6) is 5.75 Å². The van der Waals surface area contributed by atoms with Crippen LogP contribution in [0.1, 0.15) is 5.56 Å². The summed E-state index contributed by atoms with van der Waals surface area (Å²) in [6, 6.07) is 13.1. The molecule has 0 heterocycles. The number of azo groups is 1. The lowest BCUT2D eigenvalue weighted by molar-refractivity contribution is 0.416. The molecule has 2 rings (SSSR count).